The smallest absolute Gasteiger partial charge is 0.325 e. The minimum absolute atomic E-state index is 0.0130. The maximum absolute atomic E-state index is 12.1. The molecule has 0 aromatic carbocycles. The lowest BCUT2D eigenvalue weighted by Gasteiger charge is -2.24. The van der Waals surface area contributed by atoms with Crippen molar-refractivity contribution in [3.8, 4) is 0 Å². The predicted octanol–water partition coefficient (Wildman–Crippen LogP) is 2.22. The van der Waals surface area contributed by atoms with Crippen LogP contribution in [-0.2, 0) is 14.3 Å². The standard InChI is InChI=1S/C13H25NO3/c1-5-8-11(4)13(16)14(9-6-2)10-12(15)17-7-3/h11H,5-10H2,1-4H3. The monoisotopic (exact) mass is 243 g/mol. The molecule has 0 aromatic rings. The lowest BCUT2D eigenvalue weighted by atomic mass is 10.0. The van der Waals surface area contributed by atoms with Gasteiger partial charge in [-0.15, -0.1) is 0 Å². The minimum atomic E-state index is -0.321. The Labute approximate surface area is 104 Å². The van der Waals surface area contributed by atoms with Crippen molar-refractivity contribution < 1.29 is 14.3 Å². The quantitative estimate of drug-likeness (QED) is 0.614. The molecule has 0 saturated heterocycles. The molecule has 100 valence electrons. The van der Waals surface area contributed by atoms with Gasteiger partial charge in [-0.2, -0.15) is 0 Å². The van der Waals surface area contributed by atoms with Gasteiger partial charge in [0.25, 0.3) is 0 Å². The molecule has 0 N–H and O–H groups in total. The van der Waals surface area contributed by atoms with Crippen LogP contribution < -0.4 is 0 Å². The first-order chi connectivity index (χ1) is 8.06. The molecule has 0 heterocycles. The Kier molecular flexibility index (Phi) is 8.46. The van der Waals surface area contributed by atoms with Crippen molar-refractivity contribution in [2.75, 3.05) is 19.7 Å². The highest BCUT2D eigenvalue weighted by Gasteiger charge is 2.21. The SMILES string of the molecule is CCCC(C)C(=O)N(CCC)CC(=O)OCC. The fourth-order valence-electron chi connectivity index (χ4n) is 1.77. The van der Waals surface area contributed by atoms with E-state index in [1.165, 1.54) is 0 Å². The molecule has 4 heteroatoms. The number of carbonyl (C=O) groups is 2. The van der Waals surface area contributed by atoms with Crippen molar-refractivity contribution in [1.82, 2.24) is 4.90 Å². The van der Waals surface area contributed by atoms with E-state index in [-0.39, 0.29) is 24.3 Å². The fourth-order valence-corrected chi connectivity index (χ4v) is 1.77. The molecule has 0 radical (unpaired) electrons. The van der Waals surface area contributed by atoms with Gasteiger partial charge in [0.2, 0.25) is 5.91 Å². The molecule has 0 aliphatic rings. The summed E-state index contributed by atoms with van der Waals surface area (Å²) in [5, 5.41) is 0. The Morgan fingerprint density at radius 1 is 1.18 bits per heavy atom. The van der Waals surface area contributed by atoms with Gasteiger partial charge in [0.05, 0.1) is 6.61 Å². The van der Waals surface area contributed by atoms with E-state index in [4.69, 9.17) is 4.74 Å². The Hall–Kier alpha value is -1.06. The van der Waals surface area contributed by atoms with E-state index < -0.39 is 0 Å². The molecule has 17 heavy (non-hydrogen) atoms. The fraction of sp³-hybridized carbons (Fsp3) is 0.846. The third-order valence-corrected chi connectivity index (χ3v) is 2.57. The van der Waals surface area contributed by atoms with E-state index in [9.17, 15) is 9.59 Å². The second-order valence-electron chi connectivity index (χ2n) is 4.25. The summed E-state index contributed by atoms with van der Waals surface area (Å²) >= 11 is 0. The van der Waals surface area contributed by atoms with Crippen LogP contribution in [0.3, 0.4) is 0 Å². The van der Waals surface area contributed by atoms with Crippen LogP contribution >= 0.6 is 0 Å². The summed E-state index contributed by atoms with van der Waals surface area (Å²) in [5.74, 6) is -0.277. The molecule has 4 nitrogen and oxygen atoms in total. The molecule has 0 bridgehead atoms. The Morgan fingerprint density at radius 2 is 1.82 bits per heavy atom. The molecular formula is C13H25NO3. The number of ether oxygens (including phenoxy) is 1. The first-order valence-corrected chi connectivity index (χ1v) is 6.51. The van der Waals surface area contributed by atoms with Gasteiger partial charge < -0.3 is 9.64 Å². The molecule has 0 aliphatic carbocycles. The summed E-state index contributed by atoms with van der Waals surface area (Å²) in [6.07, 6.45) is 2.69. The van der Waals surface area contributed by atoms with Gasteiger partial charge in [-0.05, 0) is 19.8 Å². The van der Waals surface area contributed by atoms with Crippen molar-refractivity contribution in [2.24, 2.45) is 5.92 Å². The number of nitrogens with zero attached hydrogens (tertiary/aromatic N) is 1. The normalized spacial score (nSPS) is 12.0. The molecule has 0 fully saturated rings. The lowest BCUT2D eigenvalue weighted by Crippen LogP contribution is -2.40. The highest BCUT2D eigenvalue weighted by Crippen LogP contribution is 2.10. The zero-order valence-corrected chi connectivity index (χ0v) is 11.5. The van der Waals surface area contributed by atoms with Gasteiger partial charge in [0, 0.05) is 12.5 Å². The first-order valence-electron chi connectivity index (χ1n) is 6.51. The average molecular weight is 243 g/mol. The molecule has 0 rings (SSSR count). The summed E-state index contributed by atoms with van der Waals surface area (Å²) in [7, 11) is 0. The van der Waals surface area contributed by atoms with Crippen molar-refractivity contribution in [3.63, 3.8) is 0 Å². The Balaban J connectivity index is 4.39. The second kappa shape index (κ2) is 9.02. The molecule has 1 amide bonds. The highest BCUT2D eigenvalue weighted by atomic mass is 16.5. The van der Waals surface area contributed by atoms with Crippen molar-refractivity contribution in [2.45, 2.75) is 47.0 Å². The van der Waals surface area contributed by atoms with E-state index in [1.807, 2.05) is 13.8 Å². The van der Waals surface area contributed by atoms with Gasteiger partial charge in [0.15, 0.2) is 0 Å². The molecule has 0 saturated carbocycles. The topological polar surface area (TPSA) is 46.6 Å². The number of hydrogen-bond acceptors (Lipinski definition) is 3. The summed E-state index contributed by atoms with van der Waals surface area (Å²) in [5.41, 5.74) is 0. The van der Waals surface area contributed by atoms with Gasteiger partial charge in [0.1, 0.15) is 6.54 Å². The Bertz CT molecular complexity index is 241. The first kappa shape index (κ1) is 15.9. The third kappa shape index (κ3) is 6.29. The number of rotatable bonds is 8. The molecule has 0 spiro atoms. The van der Waals surface area contributed by atoms with E-state index >= 15 is 0 Å². The summed E-state index contributed by atoms with van der Waals surface area (Å²) in [6, 6.07) is 0. The van der Waals surface area contributed by atoms with E-state index in [1.54, 1.807) is 11.8 Å². The van der Waals surface area contributed by atoms with Crippen LogP contribution in [0.5, 0.6) is 0 Å². The van der Waals surface area contributed by atoms with E-state index in [0.717, 1.165) is 19.3 Å². The number of esters is 1. The van der Waals surface area contributed by atoms with Crippen LogP contribution in [0.25, 0.3) is 0 Å². The van der Waals surface area contributed by atoms with Crippen LogP contribution in [0, 0.1) is 5.92 Å². The van der Waals surface area contributed by atoms with Crippen molar-refractivity contribution >= 4 is 11.9 Å². The van der Waals surface area contributed by atoms with Crippen LogP contribution in [0.1, 0.15) is 47.0 Å². The molecule has 0 aliphatic heterocycles. The van der Waals surface area contributed by atoms with Gasteiger partial charge in [-0.25, -0.2) is 0 Å². The Morgan fingerprint density at radius 3 is 2.29 bits per heavy atom. The average Bonchev–Trinajstić information content (AvgIpc) is 2.28. The van der Waals surface area contributed by atoms with Crippen molar-refractivity contribution in [3.05, 3.63) is 0 Å². The molecular weight excluding hydrogens is 218 g/mol. The van der Waals surface area contributed by atoms with Gasteiger partial charge in [-0.1, -0.05) is 27.2 Å². The highest BCUT2D eigenvalue weighted by molar-refractivity contribution is 5.83. The zero-order chi connectivity index (χ0) is 13.3. The largest absolute Gasteiger partial charge is 0.465 e. The van der Waals surface area contributed by atoms with E-state index in [0.29, 0.717) is 13.2 Å². The van der Waals surface area contributed by atoms with Crippen molar-refractivity contribution in [1.29, 1.82) is 0 Å². The van der Waals surface area contributed by atoms with Crippen LogP contribution in [0.4, 0.5) is 0 Å². The maximum atomic E-state index is 12.1. The molecule has 1 atom stereocenters. The van der Waals surface area contributed by atoms with E-state index in [2.05, 4.69) is 6.92 Å². The summed E-state index contributed by atoms with van der Waals surface area (Å²) < 4.78 is 4.88. The summed E-state index contributed by atoms with van der Waals surface area (Å²) in [6.45, 7) is 8.79. The number of hydrogen-bond donors (Lipinski definition) is 0. The van der Waals surface area contributed by atoms with Crippen LogP contribution in [0.15, 0.2) is 0 Å². The number of amides is 1. The maximum Gasteiger partial charge on any atom is 0.325 e. The number of carbonyl (C=O) groups excluding carboxylic acids is 2. The van der Waals surface area contributed by atoms with Crippen LogP contribution in [0.2, 0.25) is 0 Å². The molecule has 0 aromatic heterocycles. The minimum Gasteiger partial charge on any atom is -0.465 e. The molecule has 1 unspecified atom stereocenters. The van der Waals surface area contributed by atoms with Crippen LogP contribution in [-0.4, -0.2) is 36.5 Å². The third-order valence-electron chi connectivity index (χ3n) is 2.57. The van der Waals surface area contributed by atoms with Gasteiger partial charge >= 0.3 is 5.97 Å². The zero-order valence-electron chi connectivity index (χ0n) is 11.5. The lowest BCUT2D eigenvalue weighted by molar-refractivity contribution is -0.150. The second-order valence-corrected chi connectivity index (χ2v) is 4.25. The van der Waals surface area contributed by atoms with Gasteiger partial charge in [-0.3, -0.25) is 9.59 Å². The predicted molar refractivity (Wildman–Crippen MR) is 67.6 cm³/mol. The summed E-state index contributed by atoms with van der Waals surface area (Å²) in [4.78, 5) is 25.1.